The lowest BCUT2D eigenvalue weighted by Crippen LogP contribution is -2.59. The van der Waals surface area contributed by atoms with Gasteiger partial charge in [-0.2, -0.15) is 0 Å². The first-order chi connectivity index (χ1) is 15.2. The standard InChI is InChI=1S/C26H34ClN3O2/c1-25-12-10-20-18(6-8-21-26(20,2)13-11-24(32)30(21)3)19(25)7-4-16(25)14-23(31)29-22-9-5-17(27)15-28-22/h5,9,11,13,15-16,18-21H,4,6-8,10,12,14H2,1-3H3,(H,28,29,31)/t16-,18?,19?,20?,21?,25-,26-/m1/s1. The molecule has 2 amide bonds. The third-order valence-electron chi connectivity index (χ3n) is 9.75. The average molecular weight is 456 g/mol. The summed E-state index contributed by atoms with van der Waals surface area (Å²) in [6.07, 6.45) is 13.1. The predicted molar refractivity (Wildman–Crippen MR) is 126 cm³/mol. The van der Waals surface area contributed by atoms with Gasteiger partial charge in [0.15, 0.2) is 0 Å². The number of carbonyl (C=O) groups is 2. The van der Waals surface area contributed by atoms with E-state index in [1.165, 1.54) is 25.7 Å². The van der Waals surface area contributed by atoms with E-state index < -0.39 is 0 Å². The Bertz CT molecular complexity index is 947. The molecule has 0 aromatic carbocycles. The van der Waals surface area contributed by atoms with E-state index in [1.807, 2.05) is 11.9 Å². The first-order valence-electron chi connectivity index (χ1n) is 12.1. The molecule has 1 aromatic heterocycles. The van der Waals surface area contributed by atoms with Gasteiger partial charge in [0, 0.05) is 31.1 Å². The molecule has 3 fully saturated rings. The van der Waals surface area contributed by atoms with Crippen LogP contribution in [0, 0.1) is 34.5 Å². The normalized spacial score (nSPS) is 40.4. The molecule has 0 saturated heterocycles. The highest BCUT2D eigenvalue weighted by molar-refractivity contribution is 6.30. The molecule has 1 aliphatic heterocycles. The van der Waals surface area contributed by atoms with Crippen LogP contribution < -0.4 is 5.32 Å². The molecular formula is C26H34ClN3O2. The zero-order valence-corrected chi connectivity index (χ0v) is 20.1. The minimum Gasteiger partial charge on any atom is -0.338 e. The summed E-state index contributed by atoms with van der Waals surface area (Å²) >= 11 is 5.91. The molecule has 0 bridgehead atoms. The summed E-state index contributed by atoms with van der Waals surface area (Å²) in [7, 11) is 1.97. The second kappa shape index (κ2) is 7.86. The molecule has 0 spiro atoms. The molecule has 1 aromatic rings. The highest BCUT2D eigenvalue weighted by Crippen LogP contribution is 2.65. The number of rotatable bonds is 3. The molecule has 4 aliphatic rings. The van der Waals surface area contributed by atoms with Gasteiger partial charge in [0.05, 0.1) is 5.02 Å². The van der Waals surface area contributed by atoms with E-state index in [1.54, 1.807) is 24.4 Å². The number of hydrogen-bond acceptors (Lipinski definition) is 3. The minimum atomic E-state index is 0.0554. The van der Waals surface area contributed by atoms with Gasteiger partial charge in [-0.05, 0) is 85.8 Å². The van der Waals surface area contributed by atoms with Crippen LogP contribution in [-0.2, 0) is 9.59 Å². The van der Waals surface area contributed by atoms with Gasteiger partial charge in [-0.1, -0.05) is 31.5 Å². The second-order valence-corrected chi connectivity index (χ2v) is 11.5. The van der Waals surface area contributed by atoms with Crippen molar-refractivity contribution >= 4 is 29.2 Å². The van der Waals surface area contributed by atoms with Crippen LogP contribution in [0.15, 0.2) is 30.5 Å². The van der Waals surface area contributed by atoms with Gasteiger partial charge >= 0.3 is 0 Å². The number of halogens is 1. The molecule has 5 nitrogen and oxygen atoms in total. The second-order valence-electron chi connectivity index (χ2n) is 11.1. The zero-order valence-electron chi connectivity index (χ0n) is 19.3. The molecular weight excluding hydrogens is 422 g/mol. The predicted octanol–water partition coefficient (Wildman–Crippen LogP) is 5.32. The number of carbonyl (C=O) groups excluding carboxylic acids is 2. The van der Waals surface area contributed by atoms with E-state index in [0.717, 1.165) is 12.8 Å². The molecule has 3 saturated carbocycles. The molecule has 0 radical (unpaired) electrons. The molecule has 7 atom stereocenters. The molecule has 3 aliphatic carbocycles. The lowest BCUT2D eigenvalue weighted by atomic mass is 9.47. The summed E-state index contributed by atoms with van der Waals surface area (Å²) in [6.45, 7) is 4.83. The molecule has 4 unspecified atom stereocenters. The highest BCUT2D eigenvalue weighted by Gasteiger charge is 2.60. The van der Waals surface area contributed by atoms with Gasteiger partial charge in [0.2, 0.25) is 11.8 Å². The smallest absolute Gasteiger partial charge is 0.246 e. The van der Waals surface area contributed by atoms with Gasteiger partial charge in [0.1, 0.15) is 5.82 Å². The highest BCUT2D eigenvalue weighted by atomic mass is 35.5. The molecule has 172 valence electrons. The van der Waals surface area contributed by atoms with Crippen LogP contribution in [-0.4, -0.2) is 34.8 Å². The van der Waals surface area contributed by atoms with Crippen molar-refractivity contribution < 1.29 is 9.59 Å². The number of amides is 2. The van der Waals surface area contributed by atoms with E-state index in [9.17, 15) is 9.59 Å². The van der Waals surface area contributed by atoms with Crippen molar-refractivity contribution in [1.29, 1.82) is 0 Å². The maximum absolute atomic E-state index is 12.8. The van der Waals surface area contributed by atoms with Gasteiger partial charge < -0.3 is 10.2 Å². The fraction of sp³-hybridized carbons (Fsp3) is 0.654. The Morgan fingerprint density at radius 1 is 1.19 bits per heavy atom. The van der Waals surface area contributed by atoms with Crippen LogP contribution in [0.5, 0.6) is 0 Å². The average Bonchev–Trinajstić information content (AvgIpc) is 3.09. The maximum Gasteiger partial charge on any atom is 0.246 e. The summed E-state index contributed by atoms with van der Waals surface area (Å²) < 4.78 is 0. The molecule has 32 heavy (non-hydrogen) atoms. The van der Waals surface area contributed by atoms with Gasteiger partial charge in [-0.3, -0.25) is 9.59 Å². The van der Waals surface area contributed by atoms with Crippen molar-refractivity contribution in [2.45, 2.75) is 64.8 Å². The van der Waals surface area contributed by atoms with Crippen LogP contribution in [0.1, 0.15) is 58.8 Å². The Morgan fingerprint density at radius 3 is 2.75 bits per heavy atom. The van der Waals surface area contributed by atoms with Crippen LogP contribution in [0.2, 0.25) is 5.02 Å². The third-order valence-corrected chi connectivity index (χ3v) is 9.97. The summed E-state index contributed by atoms with van der Waals surface area (Å²) in [5, 5.41) is 3.53. The van der Waals surface area contributed by atoms with E-state index in [0.29, 0.717) is 47.0 Å². The Kier molecular flexibility index (Phi) is 5.39. The third kappa shape index (κ3) is 3.39. The topological polar surface area (TPSA) is 62.3 Å². The van der Waals surface area contributed by atoms with Gasteiger partial charge in [0.25, 0.3) is 0 Å². The van der Waals surface area contributed by atoms with Crippen molar-refractivity contribution in [2.24, 2.45) is 34.5 Å². The molecule has 1 N–H and O–H groups in total. The molecule has 6 heteroatoms. The summed E-state index contributed by atoms with van der Waals surface area (Å²) in [5.41, 5.74) is 0.290. The Balaban J connectivity index is 1.31. The largest absolute Gasteiger partial charge is 0.338 e. The SMILES string of the molecule is CN1C(=O)C=C[C@]2(C)C3CC[C@@]4(C)C(CC[C@@H]4CC(=O)Nc4ccc(Cl)cn4)C3CCC12. The van der Waals surface area contributed by atoms with Crippen molar-refractivity contribution in [3.63, 3.8) is 0 Å². The van der Waals surface area contributed by atoms with Crippen LogP contribution in [0.3, 0.4) is 0 Å². The maximum atomic E-state index is 12.8. The van der Waals surface area contributed by atoms with E-state index >= 15 is 0 Å². The summed E-state index contributed by atoms with van der Waals surface area (Å²) in [5.74, 6) is 3.16. The van der Waals surface area contributed by atoms with Gasteiger partial charge in [-0.15, -0.1) is 0 Å². The first kappa shape index (κ1) is 21.9. The number of likely N-dealkylation sites (N-methyl/N-ethyl adjacent to an activating group) is 1. The number of pyridine rings is 1. The molecule has 5 rings (SSSR count). The number of hydrogen-bond donors (Lipinski definition) is 1. The Morgan fingerprint density at radius 2 is 2.00 bits per heavy atom. The number of nitrogens with zero attached hydrogens (tertiary/aromatic N) is 2. The monoisotopic (exact) mass is 455 g/mol. The fourth-order valence-corrected chi connectivity index (χ4v) is 8.16. The zero-order chi connectivity index (χ0) is 22.7. The summed E-state index contributed by atoms with van der Waals surface area (Å²) in [6, 6.07) is 3.82. The van der Waals surface area contributed by atoms with Crippen LogP contribution >= 0.6 is 11.6 Å². The van der Waals surface area contributed by atoms with Crippen molar-refractivity contribution in [1.82, 2.24) is 9.88 Å². The fourth-order valence-electron chi connectivity index (χ4n) is 8.05. The number of fused-ring (bicyclic) bond motifs is 5. The van der Waals surface area contributed by atoms with Gasteiger partial charge in [-0.25, -0.2) is 4.98 Å². The number of aromatic nitrogens is 1. The lowest BCUT2D eigenvalue weighted by Gasteiger charge is -2.60. The van der Waals surface area contributed by atoms with E-state index in [2.05, 4.69) is 30.2 Å². The first-order valence-corrected chi connectivity index (χ1v) is 12.5. The van der Waals surface area contributed by atoms with Crippen molar-refractivity contribution in [3.05, 3.63) is 35.5 Å². The van der Waals surface area contributed by atoms with Crippen LogP contribution in [0.25, 0.3) is 0 Å². The number of nitrogens with one attached hydrogen (secondary N) is 1. The van der Waals surface area contributed by atoms with Crippen LogP contribution in [0.4, 0.5) is 5.82 Å². The summed E-state index contributed by atoms with van der Waals surface area (Å²) in [4.78, 5) is 31.3. The number of anilines is 1. The van der Waals surface area contributed by atoms with Crippen molar-refractivity contribution in [3.8, 4) is 0 Å². The van der Waals surface area contributed by atoms with Crippen molar-refractivity contribution in [2.75, 3.05) is 12.4 Å². The quantitative estimate of drug-likeness (QED) is 0.670. The molecule has 2 heterocycles. The van der Waals surface area contributed by atoms with E-state index in [4.69, 9.17) is 11.6 Å². The lowest BCUT2D eigenvalue weighted by molar-refractivity contribution is -0.139. The minimum absolute atomic E-state index is 0.0554. The van der Waals surface area contributed by atoms with E-state index in [-0.39, 0.29) is 22.6 Å². The Labute approximate surface area is 196 Å². The Hall–Kier alpha value is -1.88.